The van der Waals surface area contributed by atoms with Crippen LogP contribution in [-0.4, -0.2) is 4.32 Å². The van der Waals surface area contributed by atoms with Crippen molar-refractivity contribution in [3.8, 4) is 0 Å². The van der Waals surface area contributed by atoms with Gasteiger partial charge < -0.3 is 44.4 Å². The van der Waals surface area contributed by atoms with Gasteiger partial charge in [0, 0.05) is 0 Å². The number of thiocarbonyl (C=S) groups is 1. The smallest absolute Gasteiger partial charge is 0.415 e. The second kappa shape index (κ2) is 38.2. The van der Waals surface area contributed by atoms with Crippen LogP contribution in [0.5, 0.6) is 0 Å². The van der Waals surface area contributed by atoms with Crippen LogP contribution in [0, 0.1) is 13.8 Å². The van der Waals surface area contributed by atoms with E-state index in [0.29, 0.717) is 0 Å². The zero-order valence-corrected chi connectivity index (χ0v) is 8.32. The van der Waals surface area contributed by atoms with E-state index in [0.717, 1.165) is 0 Å². The van der Waals surface area contributed by atoms with Gasteiger partial charge >= 0.3 is 16.8 Å². The molecule has 0 fully saturated rings. The first-order valence-corrected chi connectivity index (χ1v) is 2.93. The van der Waals surface area contributed by atoms with Gasteiger partial charge in [-0.3, -0.25) is 0 Å². The van der Waals surface area contributed by atoms with Crippen LogP contribution in [0.3, 0.4) is 0 Å². The number of nitrogens with two attached hydrogens (primary N) is 1. The Bertz CT molecular complexity index is 37.9. The Kier molecular flexibility index (Phi) is 96.1. The zero-order valence-electron chi connectivity index (χ0n) is 5.64. The van der Waals surface area contributed by atoms with Crippen molar-refractivity contribution < 1.29 is 16.8 Å². The van der Waals surface area contributed by atoms with E-state index in [1.54, 1.807) is 13.8 Å². The fraction of sp³-hybridized carbons (Fsp3) is 0.400. The fourth-order valence-electron chi connectivity index (χ4n) is 0. The molecule has 0 aromatic rings. The van der Waals surface area contributed by atoms with Crippen LogP contribution in [0.2, 0.25) is 0 Å². The average Bonchev–Trinajstić information content (AvgIpc) is 1.75. The quantitative estimate of drug-likeness (QED) is 0.371. The summed E-state index contributed by atoms with van der Waals surface area (Å²) in [5.41, 5.74) is 4.66. The zero-order chi connectivity index (χ0) is 7.58. The molecule has 0 spiro atoms. The molecule has 0 saturated carbocycles. The molecule has 0 aromatic heterocycles. The van der Waals surface area contributed by atoms with Crippen molar-refractivity contribution in [3.63, 3.8) is 0 Å². The monoisotopic (exact) mass is 209 g/mol. The van der Waals surface area contributed by atoms with E-state index >= 15 is 0 Å². The van der Waals surface area contributed by atoms with Crippen LogP contribution in [0.25, 0.3) is 0 Å². The van der Waals surface area contributed by atoms with Crippen LogP contribution >= 0.6 is 12.2 Å². The van der Waals surface area contributed by atoms with Gasteiger partial charge in [0.25, 0.3) is 0 Å². The van der Waals surface area contributed by atoms with Gasteiger partial charge in [-0.2, -0.15) is 13.8 Å². The molecule has 9 heavy (non-hydrogen) atoms. The van der Waals surface area contributed by atoms with Crippen molar-refractivity contribution in [2.45, 2.75) is 13.8 Å². The van der Waals surface area contributed by atoms with Gasteiger partial charge in [-0.25, -0.2) is 0 Å². The van der Waals surface area contributed by atoms with E-state index in [1.165, 1.54) is 0 Å². The van der Waals surface area contributed by atoms with E-state index in [1.807, 2.05) is 0 Å². The molecule has 4 heteroatoms. The Morgan fingerprint density at radius 2 is 1.33 bits per heavy atom. The van der Waals surface area contributed by atoms with Gasteiger partial charge in [0.1, 0.15) is 0 Å². The van der Waals surface area contributed by atoms with Crippen molar-refractivity contribution in [2.75, 3.05) is 0 Å². The summed E-state index contributed by atoms with van der Waals surface area (Å²) in [4.78, 5) is 0. The van der Waals surface area contributed by atoms with Crippen molar-refractivity contribution in [1.82, 2.24) is 0 Å². The van der Waals surface area contributed by atoms with Gasteiger partial charge in [0.15, 0.2) is 0 Å². The number of hydrogen-bond acceptors (Lipinski definition) is 2. The van der Waals surface area contributed by atoms with Gasteiger partial charge in [0.2, 0.25) is 0 Å². The normalized spacial score (nSPS) is 4.00. The molecule has 0 atom stereocenters. The van der Waals surface area contributed by atoms with Crippen LogP contribution in [0.15, 0.2) is 0 Å². The Morgan fingerprint density at radius 1 is 1.33 bits per heavy atom. The van der Waals surface area contributed by atoms with E-state index in [9.17, 15) is 0 Å². The van der Waals surface area contributed by atoms with Gasteiger partial charge in [-0.05, 0) is 0 Å². The Hall–Kier alpha value is 0.616. The molecule has 0 aliphatic heterocycles. The van der Waals surface area contributed by atoms with Crippen LogP contribution in [0.4, 0.5) is 0 Å². The Labute approximate surface area is 79.4 Å². The minimum absolute atomic E-state index is 0. The first-order valence-electron chi connectivity index (χ1n) is 2.11. The van der Waals surface area contributed by atoms with Crippen molar-refractivity contribution in [2.24, 2.45) is 5.73 Å². The topological polar surface area (TPSA) is 26.0 Å². The molecule has 0 amide bonds. The molecular formula is C5H12CoNS2. The maximum Gasteiger partial charge on any atom is 3.00 e. The van der Waals surface area contributed by atoms with Crippen molar-refractivity contribution in [1.29, 1.82) is 0 Å². The van der Waals surface area contributed by atoms with Gasteiger partial charge in [-0.1, -0.05) is 4.32 Å². The third-order valence-electron chi connectivity index (χ3n) is 0. The Morgan fingerprint density at radius 3 is 1.33 bits per heavy atom. The minimum Gasteiger partial charge on any atom is -0.415 e. The molecule has 0 aliphatic carbocycles. The summed E-state index contributed by atoms with van der Waals surface area (Å²) in [6.45, 7) is 10.0. The molecule has 0 aromatic carbocycles. The van der Waals surface area contributed by atoms with E-state index in [2.05, 4.69) is 44.4 Å². The third kappa shape index (κ3) is 992. The summed E-state index contributed by atoms with van der Waals surface area (Å²) < 4.78 is 0.0833. The predicted octanol–water partition coefficient (Wildman–Crippen LogP) is 1.46. The molecule has 0 aliphatic rings. The SMILES string of the molecule is NC(=S)[S-].[CH2-]C.[CH2-]C.[Co+3]. The minimum atomic E-state index is 0. The van der Waals surface area contributed by atoms with Crippen molar-refractivity contribution in [3.05, 3.63) is 13.8 Å². The average molecular weight is 209 g/mol. The predicted molar refractivity (Wildman–Crippen MR) is 46.2 cm³/mol. The summed E-state index contributed by atoms with van der Waals surface area (Å²) >= 11 is 8.26. The fourth-order valence-corrected chi connectivity index (χ4v) is 0. The summed E-state index contributed by atoms with van der Waals surface area (Å²) in [6, 6.07) is 0. The van der Waals surface area contributed by atoms with Crippen molar-refractivity contribution >= 4 is 29.2 Å². The molecule has 58 valence electrons. The van der Waals surface area contributed by atoms with E-state index < -0.39 is 0 Å². The molecular weight excluding hydrogens is 197 g/mol. The first-order chi connectivity index (χ1) is 3.73. The molecule has 0 heterocycles. The summed E-state index contributed by atoms with van der Waals surface area (Å²) in [7, 11) is 0. The molecule has 1 nitrogen and oxygen atoms in total. The second-order valence-corrected chi connectivity index (χ2v) is 1.46. The van der Waals surface area contributed by atoms with E-state index in [-0.39, 0.29) is 21.1 Å². The van der Waals surface area contributed by atoms with Crippen LogP contribution in [0.1, 0.15) is 13.8 Å². The standard InChI is InChI=1S/2C2H5.CH3NS2.Co/c2*1-2;2-1(3)4;/h2*1H2,2H3;(H3,2,3,4);/q2*-1;;+3/p-1. The number of rotatable bonds is 0. The number of hydrogen-bond donors (Lipinski definition) is 1. The van der Waals surface area contributed by atoms with Crippen LogP contribution in [-0.2, 0) is 29.4 Å². The molecule has 0 bridgehead atoms. The van der Waals surface area contributed by atoms with Gasteiger partial charge in [-0.15, -0.1) is 0 Å². The van der Waals surface area contributed by atoms with Crippen LogP contribution < -0.4 is 5.73 Å². The largest absolute Gasteiger partial charge is 3.00 e. The Balaban J connectivity index is -0.0000000221. The molecule has 0 unspecified atom stereocenters. The first kappa shape index (κ1) is 22.6. The molecule has 2 N–H and O–H groups in total. The molecule has 0 saturated heterocycles. The maximum atomic E-state index is 4.66. The summed E-state index contributed by atoms with van der Waals surface area (Å²) in [6.07, 6.45) is 0. The third-order valence-corrected chi connectivity index (χ3v) is 0. The molecule has 0 rings (SSSR count). The summed E-state index contributed by atoms with van der Waals surface area (Å²) in [5, 5.41) is 0. The second-order valence-electron chi connectivity index (χ2n) is 0.319. The maximum absolute atomic E-state index is 4.66. The molecule has 0 radical (unpaired) electrons. The van der Waals surface area contributed by atoms with Gasteiger partial charge in [0.05, 0.1) is 0 Å². The summed E-state index contributed by atoms with van der Waals surface area (Å²) in [5.74, 6) is 0. The van der Waals surface area contributed by atoms with E-state index in [4.69, 9.17) is 0 Å².